The third kappa shape index (κ3) is 2.65. The first-order valence-corrected chi connectivity index (χ1v) is 6.96. The second kappa shape index (κ2) is 5.24. The summed E-state index contributed by atoms with van der Waals surface area (Å²) in [6, 6.07) is 9.26. The van der Waals surface area contributed by atoms with Crippen molar-refractivity contribution in [3.63, 3.8) is 0 Å². The molecule has 4 heteroatoms. The number of nitrogens with zero attached hydrogens (tertiary/aromatic N) is 1. The number of rotatable bonds is 4. The van der Waals surface area contributed by atoms with Crippen molar-refractivity contribution < 1.29 is 4.42 Å². The zero-order valence-corrected chi connectivity index (χ0v) is 11.6. The van der Waals surface area contributed by atoms with Gasteiger partial charge in [-0.15, -0.1) is 0 Å². The van der Waals surface area contributed by atoms with Crippen molar-refractivity contribution in [3.8, 4) is 0 Å². The van der Waals surface area contributed by atoms with Crippen LogP contribution in [0, 0.1) is 0 Å². The minimum atomic E-state index is 0.607. The van der Waals surface area contributed by atoms with E-state index in [-0.39, 0.29) is 0 Å². The fraction of sp³-hybridized carbons (Fsp3) is 0.357. The van der Waals surface area contributed by atoms with E-state index in [1.807, 2.05) is 0 Å². The molecule has 3 rings (SSSR count). The van der Waals surface area contributed by atoms with Crippen molar-refractivity contribution in [1.82, 2.24) is 10.3 Å². The summed E-state index contributed by atoms with van der Waals surface area (Å²) in [4.78, 5) is 4.10. The molecule has 1 aliphatic rings. The average Bonchev–Trinajstić information content (AvgIpc) is 2.82. The average molecular weight is 307 g/mol. The van der Waals surface area contributed by atoms with Gasteiger partial charge in [0, 0.05) is 17.1 Å². The SMILES string of the molecule is Brc1ccc(C2CC(NCc3cocn3)C2)cc1. The molecule has 0 bridgehead atoms. The van der Waals surface area contributed by atoms with E-state index in [9.17, 15) is 0 Å². The molecule has 3 nitrogen and oxygen atoms in total. The Morgan fingerprint density at radius 2 is 2.06 bits per heavy atom. The highest BCUT2D eigenvalue weighted by Gasteiger charge is 2.29. The number of hydrogen-bond acceptors (Lipinski definition) is 3. The van der Waals surface area contributed by atoms with E-state index < -0.39 is 0 Å². The molecular weight excluding hydrogens is 292 g/mol. The lowest BCUT2D eigenvalue weighted by atomic mass is 9.76. The summed E-state index contributed by atoms with van der Waals surface area (Å²) in [5.41, 5.74) is 2.42. The zero-order valence-electron chi connectivity index (χ0n) is 9.97. The molecule has 0 saturated heterocycles. The van der Waals surface area contributed by atoms with Crippen LogP contribution in [0.1, 0.15) is 30.0 Å². The van der Waals surface area contributed by atoms with Gasteiger partial charge >= 0.3 is 0 Å². The summed E-state index contributed by atoms with van der Waals surface area (Å²) >= 11 is 3.47. The lowest BCUT2D eigenvalue weighted by molar-refractivity contribution is 0.288. The molecule has 1 aromatic heterocycles. The molecule has 1 saturated carbocycles. The zero-order chi connectivity index (χ0) is 12.4. The van der Waals surface area contributed by atoms with Crippen LogP contribution in [0.25, 0.3) is 0 Å². The maximum atomic E-state index is 4.94. The number of hydrogen-bond donors (Lipinski definition) is 1. The van der Waals surface area contributed by atoms with Gasteiger partial charge in [-0.1, -0.05) is 28.1 Å². The highest BCUT2D eigenvalue weighted by atomic mass is 79.9. The first kappa shape index (κ1) is 11.9. The Labute approximate surface area is 115 Å². The van der Waals surface area contributed by atoms with Gasteiger partial charge in [-0.3, -0.25) is 0 Å². The van der Waals surface area contributed by atoms with Crippen LogP contribution in [-0.2, 0) is 6.54 Å². The van der Waals surface area contributed by atoms with Crippen LogP contribution in [0.5, 0.6) is 0 Å². The molecule has 1 fully saturated rings. The molecule has 0 radical (unpaired) electrons. The fourth-order valence-corrected chi connectivity index (χ4v) is 2.63. The van der Waals surface area contributed by atoms with Crippen LogP contribution < -0.4 is 5.32 Å². The Balaban J connectivity index is 1.47. The molecule has 0 spiro atoms. The molecule has 2 aromatic rings. The highest BCUT2D eigenvalue weighted by molar-refractivity contribution is 9.10. The number of benzene rings is 1. The predicted octanol–water partition coefficient (Wildman–Crippen LogP) is 3.47. The lowest BCUT2D eigenvalue weighted by Crippen LogP contribution is -2.39. The summed E-state index contributed by atoms with van der Waals surface area (Å²) < 4.78 is 6.09. The van der Waals surface area contributed by atoms with Gasteiger partial charge in [0.05, 0.1) is 5.69 Å². The summed E-state index contributed by atoms with van der Waals surface area (Å²) in [6.45, 7) is 0.800. The molecule has 94 valence electrons. The minimum absolute atomic E-state index is 0.607. The predicted molar refractivity (Wildman–Crippen MR) is 73.2 cm³/mol. The van der Waals surface area contributed by atoms with Crippen molar-refractivity contribution >= 4 is 15.9 Å². The van der Waals surface area contributed by atoms with E-state index in [1.165, 1.54) is 24.8 Å². The van der Waals surface area contributed by atoms with Crippen LogP contribution in [0.3, 0.4) is 0 Å². The maximum Gasteiger partial charge on any atom is 0.180 e. The smallest absolute Gasteiger partial charge is 0.180 e. The van der Waals surface area contributed by atoms with Gasteiger partial charge in [0.25, 0.3) is 0 Å². The van der Waals surface area contributed by atoms with Crippen molar-refractivity contribution in [1.29, 1.82) is 0 Å². The highest BCUT2D eigenvalue weighted by Crippen LogP contribution is 2.37. The Morgan fingerprint density at radius 3 is 2.72 bits per heavy atom. The number of oxazole rings is 1. The molecule has 0 unspecified atom stereocenters. The molecule has 0 amide bonds. The van der Waals surface area contributed by atoms with E-state index in [1.54, 1.807) is 6.26 Å². The molecule has 0 aliphatic heterocycles. The second-order valence-electron chi connectivity index (χ2n) is 4.78. The van der Waals surface area contributed by atoms with Crippen molar-refractivity contribution in [2.75, 3.05) is 0 Å². The third-order valence-electron chi connectivity index (χ3n) is 3.53. The Bertz CT molecular complexity index is 489. The summed E-state index contributed by atoms with van der Waals surface area (Å²) in [7, 11) is 0. The van der Waals surface area contributed by atoms with Crippen LogP contribution in [0.15, 0.2) is 45.8 Å². The largest absolute Gasteiger partial charge is 0.451 e. The van der Waals surface area contributed by atoms with Gasteiger partial charge in [-0.05, 0) is 36.5 Å². The van der Waals surface area contributed by atoms with Gasteiger partial charge in [-0.2, -0.15) is 0 Å². The van der Waals surface area contributed by atoms with Crippen LogP contribution in [-0.4, -0.2) is 11.0 Å². The van der Waals surface area contributed by atoms with Gasteiger partial charge in [0.15, 0.2) is 6.39 Å². The second-order valence-corrected chi connectivity index (χ2v) is 5.69. The molecule has 1 aliphatic carbocycles. The molecule has 0 atom stereocenters. The van der Waals surface area contributed by atoms with E-state index in [0.29, 0.717) is 12.0 Å². The van der Waals surface area contributed by atoms with E-state index in [4.69, 9.17) is 4.42 Å². The topological polar surface area (TPSA) is 38.1 Å². The Kier molecular flexibility index (Phi) is 3.48. The lowest BCUT2D eigenvalue weighted by Gasteiger charge is -2.36. The summed E-state index contributed by atoms with van der Waals surface area (Å²) in [5, 5.41) is 3.50. The molecule has 1 N–H and O–H groups in total. The van der Waals surface area contributed by atoms with Gasteiger partial charge in [0.2, 0.25) is 0 Å². The van der Waals surface area contributed by atoms with Crippen molar-refractivity contribution in [3.05, 3.63) is 52.7 Å². The molecule has 1 heterocycles. The Morgan fingerprint density at radius 1 is 1.28 bits per heavy atom. The van der Waals surface area contributed by atoms with Crippen LogP contribution in [0.2, 0.25) is 0 Å². The number of halogens is 1. The van der Waals surface area contributed by atoms with Crippen LogP contribution in [0.4, 0.5) is 0 Å². The van der Waals surface area contributed by atoms with Crippen molar-refractivity contribution in [2.45, 2.75) is 31.3 Å². The van der Waals surface area contributed by atoms with E-state index in [2.05, 4.69) is 50.5 Å². The van der Waals surface area contributed by atoms with Crippen molar-refractivity contribution in [2.24, 2.45) is 0 Å². The van der Waals surface area contributed by atoms with E-state index in [0.717, 1.165) is 16.7 Å². The standard InChI is InChI=1S/C14H15BrN2O/c15-12-3-1-10(2-4-12)11-5-13(6-11)16-7-14-8-18-9-17-14/h1-4,8-9,11,13,16H,5-7H2. The fourth-order valence-electron chi connectivity index (χ4n) is 2.37. The van der Waals surface area contributed by atoms with Gasteiger partial charge in [0.1, 0.15) is 6.26 Å². The minimum Gasteiger partial charge on any atom is -0.451 e. The first-order chi connectivity index (χ1) is 8.81. The first-order valence-electron chi connectivity index (χ1n) is 6.17. The Hall–Kier alpha value is -1.13. The quantitative estimate of drug-likeness (QED) is 0.940. The molecule has 1 aromatic carbocycles. The number of aromatic nitrogens is 1. The van der Waals surface area contributed by atoms with Gasteiger partial charge in [-0.25, -0.2) is 4.98 Å². The van der Waals surface area contributed by atoms with E-state index >= 15 is 0 Å². The molecular formula is C14H15BrN2O. The normalized spacial score (nSPS) is 22.7. The summed E-state index contributed by atoms with van der Waals surface area (Å²) in [6.07, 6.45) is 5.58. The number of nitrogens with one attached hydrogen (secondary N) is 1. The monoisotopic (exact) mass is 306 g/mol. The summed E-state index contributed by atoms with van der Waals surface area (Å²) in [5.74, 6) is 0.702. The molecule has 18 heavy (non-hydrogen) atoms. The third-order valence-corrected chi connectivity index (χ3v) is 4.06. The van der Waals surface area contributed by atoms with Crippen LogP contribution >= 0.6 is 15.9 Å². The van der Waals surface area contributed by atoms with Gasteiger partial charge < -0.3 is 9.73 Å². The maximum absolute atomic E-state index is 4.94.